The zero-order valence-electron chi connectivity index (χ0n) is 16.7. The molecule has 0 aliphatic heterocycles. The fourth-order valence-corrected chi connectivity index (χ4v) is 3.37. The number of nitriles is 1. The third-order valence-corrected chi connectivity index (χ3v) is 4.85. The monoisotopic (exact) mass is 476 g/mol. The summed E-state index contributed by atoms with van der Waals surface area (Å²) in [6.07, 6.45) is 1.46. The van der Waals surface area contributed by atoms with Gasteiger partial charge in [-0.1, -0.05) is 54.6 Å². The number of rotatable bonds is 8. The van der Waals surface area contributed by atoms with E-state index in [0.29, 0.717) is 29.2 Å². The number of hydrogen-bond donors (Lipinski definition) is 2. The number of ether oxygens (including phenoxy) is 1. The maximum absolute atomic E-state index is 13.0. The van der Waals surface area contributed by atoms with E-state index in [2.05, 4.69) is 26.2 Å². The standard InChI is InChI=1S/C24H21BrN4O2/c25-22-12-6-9-19(28-22)15-18(16-27)24(30)29-23(17-7-2-1-3-8-17)20-10-4-5-11-21(20)31-14-13-26/h1-12,15,23H,13-14,26H2,(H,29,30). The molecule has 2 aromatic carbocycles. The van der Waals surface area contributed by atoms with E-state index in [1.165, 1.54) is 6.08 Å². The van der Waals surface area contributed by atoms with Crippen LogP contribution in [0.1, 0.15) is 22.9 Å². The van der Waals surface area contributed by atoms with Crippen LogP contribution in [-0.4, -0.2) is 24.0 Å². The van der Waals surface area contributed by atoms with E-state index < -0.39 is 11.9 Å². The average Bonchev–Trinajstić information content (AvgIpc) is 2.80. The van der Waals surface area contributed by atoms with Gasteiger partial charge in [-0.15, -0.1) is 0 Å². The smallest absolute Gasteiger partial charge is 0.262 e. The maximum Gasteiger partial charge on any atom is 0.262 e. The Kier molecular flexibility index (Phi) is 7.93. The second-order valence-corrected chi connectivity index (χ2v) is 7.36. The van der Waals surface area contributed by atoms with Crippen molar-refractivity contribution >= 4 is 27.9 Å². The lowest BCUT2D eigenvalue weighted by Crippen LogP contribution is -2.30. The van der Waals surface area contributed by atoms with Gasteiger partial charge in [0.2, 0.25) is 0 Å². The Bertz CT molecular complexity index is 1110. The molecular weight excluding hydrogens is 456 g/mol. The minimum atomic E-state index is -0.519. The first-order valence-corrected chi connectivity index (χ1v) is 10.4. The third kappa shape index (κ3) is 6.01. The fourth-order valence-electron chi connectivity index (χ4n) is 3.02. The summed E-state index contributed by atoms with van der Waals surface area (Å²) in [5.74, 6) is 0.116. The molecule has 1 heterocycles. The first kappa shape index (κ1) is 22.2. The van der Waals surface area contributed by atoms with Crippen LogP contribution in [0.3, 0.4) is 0 Å². The molecule has 0 aliphatic rings. The zero-order valence-corrected chi connectivity index (χ0v) is 18.2. The minimum Gasteiger partial charge on any atom is -0.492 e. The van der Waals surface area contributed by atoms with Crippen molar-refractivity contribution in [2.24, 2.45) is 5.73 Å². The Morgan fingerprint density at radius 3 is 2.58 bits per heavy atom. The molecule has 6 nitrogen and oxygen atoms in total. The van der Waals surface area contributed by atoms with Gasteiger partial charge in [-0.05, 0) is 45.8 Å². The largest absolute Gasteiger partial charge is 0.492 e. The Hall–Kier alpha value is -3.47. The molecule has 156 valence electrons. The van der Waals surface area contributed by atoms with E-state index in [-0.39, 0.29) is 5.57 Å². The summed E-state index contributed by atoms with van der Waals surface area (Å²) >= 11 is 3.29. The van der Waals surface area contributed by atoms with Crippen LogP contribution in [0.5, 0.6) is 5.75 Å². The van der Waals surface area contributed by atoms with Gasteiger partial charge in [-0.25, -0.2) is 4.98 Å². The van der Waals surface area contributed by atoms with Crippen molar-refractivity contribution in [3.05, 3.63) is 99.8 Å². The number of benzene rings is 2. The van der Waals surface area contributed by atoms with Crippen molar-refractivity contribution in [3.63, 3.8) is 0 Å². The number of para-hydroxylation sites is 1. The Morgan fingerprint density at radius 1 is 1.13 bits per heavy atom. The number of pyridine rings is 1. The molecule has 3 aromatic rings. The van der Waals surface area contributed by atoms with Gasteiger partial charge in [0, 0.05) is 12.1 Å². The summed E-state index contributed by atoms with van der Waals surface area (Å²) in [5.41, 5.74) is 7.67. The predicted octanol–water partition coefficient (Wildman–Crippen LogP) is 3.99. The SMILES string of the molecule is N#CC(=Cc1cccc(Br)n1)C(=O)NC(c1ccccc1)c1ccccc1OCCN. The summed E-state index contributed by atoms with van der Waals surface area (Å²) in [4.78, 5) is 17.3. The summed E-state index contributed by atoms with van der Waals surface area (Å²) in [5, 5.41) is 12.6. The van der Waals surface area contributed by atoms with Crippen LogP contribution in [0.15, 0.2) is 83.0 Å². The molecule has 1 aromatic heterocycles. The van der Waals surface area contributed by atoms with E-state index in [9.17, 15) is 10.1 Å². The lowest BCUT2D eigenvalue weighted by molar-refractivity contribution is -0.117. The van der Waals surface area contributed by atoms with E-state index >= 15 is 0 Å². The van der Waals surface area contributed by atoms with Crippen LogP contribution >= 0.6 is 15.9 Å². The summed E-state index contributed by atoms with van der Waals surface area (Å²) in [6, 6.07) is 23.7. The molecule has 1 atom stereocenters. The van der Waals surface area contributed by atoms with E-state index in [0.717, 1.165) is 11.1 Å². The van der Waals surface area contributed by atoms with Crippen molar-refractivity contribution in [1.29, 1.82) is 5.26 Å². The van der Waals surface area contributed by atoms with Gasteiger partial charge >= 0.3 is 0 Å². The maximum atomic E-state index is 13.0. The number of carbonyl (C=O) groups is 1. The molecule has 3 N–H and O–H groups in total. The van der Waals surface area contributed by atoms with E-state index in [1.54, 1.807) is 18.2 Å². The van der Waals surface area contributed by atoms with Gasteiger partial charge in [-0.3, -0.25) is 4.79 Å². The number of nitrogens with one attached hydrogen (secondary N) is 1. The topological polar surface area (TPSA) is 101 Å². The second kappa shape index (κ2) is 11.1. The Morgan fingerprint density at radius 2 is 1.87 bits per heavy atom. The normalized spacial score (nSPS) is 12.0. The third-order valence-electron chi connectivity index (χ3n) is 4.41. The minimum absolute atomic E-state index is 0.0492. The quantitative estimate of drug-likeness (QED) is 0.290. The van der Waals surface area contributed by atoms with Crippen LogP contribution in [0.25, 0.3) is 6.08 Å². The first-order valence-electron chi connectivity index (χ1n) is 9.64. The number of hydrogen-bond acceptors (Lipinski definition) is 5. The highest BCUT2D eigenvalue weighted by Crippen LogP contribution is 2.30. The van der Waals surface area contributed by atoms with Crippen molar-refractivity contribution in [1.82, 2.24) is 10.3 Å². The molecule has 0 bridgehead atoms. The van der Waals surface area contributed by atoms with Crippen molar-refractivity contribution in [3.8, 4) is 11.8 Å². The summed E-state index contributed by atoms with van der Waals surface area (Å²) in [6.45, 7) is 0.724. The van der Waals surface area contributed by atoms with Gasteiger partial charge in [0.05, 0.1) is 11.7 Å². The van der Waals surface area contributed by atoms with Crippen LogP contribution in [0, 0.1) is 11.3 Å². The average molecular weight is 477 g/mol. The Balaban J connectivity index is 1.96. The number of nitrogens with zero attached hydrogens (tertiary/aromatic N) is 2. The fraction of sp³-hybridized carbons (Fsp3) is 0.125. The van der Waals surface area contributed by atoms with Crippen molar-refractivity contribution in [2.75, 3.05) is 13.2 Å². The highest BCUT2D eigenvalue weighted by atomic mass is 79.9. The molecule has 7 heteroatoms. The van der Waals surface area contributed by atoms with Gasteiger partial charge < -0.3 is 15.8 Å². The number of halogens is 1. The van der Waals surface area contributed by atoms with Crippen molar-refractivity contribution in [2.45, 2.75) is 6.04 Å². The first-order chi connectivity index (χ1) is 15.1. The van der Waals surface area contributed by atoms with Gasteiger partial charge in [-0.2, -0.15) is 5.26 Å². The number of nitrogens with two attached hydrogens (primary N) is 1. The molecule has 0 spiro atoms. The molecule has 0 saturated heterocycles. The summed E-state index contributed by atoms with van der Waals surface area (Å²) in [7, 11) is 0. The summed E-state index contributed by atoms with van der Waals surface area (Å²) < 4.78 is 6.41. The molecule has 1 amide bonds. The van der Waals surface area contributed by atoms with Gasteiger partial charge in [0.25, 0.3) is 5.91 Å². The van der Waals surface area contributed by atoms with Crippen LogP contribution in [-0.2, 0) is 4.79 Å². The van der Waals surface area contributed by atoms with Crippen LogP contribution in [0.2, 0.25) is 0 Å². The molecule has 31 heavy (non-hydrogen) atoms. The molecule has 0 saturated carbocycles. The molecule has 3 rings (SSSR count). The van der Waals surface area contributed by atoms with Crippen LogP contribution in [0.4, 0.5) is 0 Å². The lowest BCUT2D eigenvalue weighted by Gasteiger charge is -2.22. The number of carbonyl (C=O) groups excluding carboxylic acids is 1. The highest BCUT2D eigenvalue weighted by molar-refractivity contribution is 9.10. The van der Waals surface area contributed by atoms with E-state index in [1.807, 2.05) is 60.7 Å². The second-order valence-electron chi connectivity index (χ2n) is 6.55. The molecule has 0 fully saturated rings. The molecule has 0 aliphatic carbocycles. The number of amides is 1. The molecular formula is C24H21BrN4O2. The van der Waals surface area contributed by atoms with Gasteiger partial charge in [0.1, 0.15) is 28.6 Å². The Labute approximate surface area is 189 Å². The lowest BCUT2D eigenvalue weighted by atomic mass is 9.97. The van der Waals surface area contributed by atoms with Gasteiger partial charge in [0.15, 0.2) is 0 Å². The van der Waals surface area contributed by atoms with Crippen molar-refractivity contribution < 1.29 is 9.53 Å². The highest BCUT2D eigenvalue weighted by Gasteiger charge is 2.22. The van der Waals surface area contributed by atoms with Crippen LogP contribution < -0.4 is 15.8 Å². The zero-order chi connectivity index (χ0) is 22.1. The molecule has 0 radical (unpaired) electrons. The predicted molar refractivity (Wildman–Crippen MR) is 123 cm³/mol. The number of aromatic nitrogens is 1. The molecule has 1 unspecified atom stereocenters. The van der Waals surface area contributed by atoms with E-state index in [4.69, 9.17) is 10.5 Å².